The van der Waals surface area contributed by atoms with E-state index in [1.54, 1.807) is 36.4 Å². The average Bonchev–Trinajstić information content (AvgIpc) is 3.28. The minimum atomic E-state index is -1.18. The van der Waals surface area contributed by atoms with Gasteiger partial charge in [-0.25, -0.2) is 65.8 Å². The second kappa shape index (κ2) is 23.9. The van der Waals surface area contributed by atoms with Crippen molar-refractivity contribution in [3.63, 3.8) is 0 Å². The van der Waals surface area contributed by atoms with Crippen molar-refractivity contribution in [1.82, 2.24) is 27.4 Å². The number of esters is 5. The highest BCUT2D eigenvalue weighted by atomic mass is 16.5. The summed E-state index contributed by atoms with van der Waals surface area (Å²) in [7, 11) is 3.70. The molecule has 2 aromatic heterocycles. The molecule has 24 heteroatoms. The van der Waals surface area contributed by atoms with Gasteiger partial charge < -0.3 is 33.5 Å². The second-order valence-corrected chi connectivity index (χ2v) is 13.7. The number of aromatic nitrogens is 6. The van der Waals surface area contributed by atoms with Gasteiger partial charge in [-0.3, -0.25) is 14.4 Å². The van der Waals surface area contributed by atoms with Gasteiger partial charge in [0.05, 0.1) is 90.7 Å². The molecule has 0 radical (unpaired) electrons. The zero-order valence-electron chi connectivity index (χ0n) is 35.3. The quantitative estimate of drug-likeness (QED) is 0.0452. The molecule has 4 aromatic rings. The maximum atomic E-state index is 13.4. The number of nitrogens with zero attached hydrogens (tertiary/aromatic N) is 6. The SMILES string of the molecule is COCCn1c(=O)n(CCO)c(=O)n(CCOC(=O)CCn2c(=O)n(CCC(=O)OC)c(=O)n(CCC(=O)OCCCCOC(=O)c3ccc4cc(C(=O)OC)ccc4c3)c2=O)c1=O. The van der Waals surface area contributed by atoms with Crippen LogP contribution in [-0.2, 0) is 82.1 Å². The summed E-state index contributed by atoms with van der Waals surface area (Å²) in [6.45, 7) is -4.13. The van der Waals surface area contributed by atoms with Gasteiger partial charge in [0.15, 0.2) is 0 Å². The lowest BCUT2D eigenvalue weighted by molar-refractivity contribution is -0.145. The topological polar surface area (TPSA) is 293 Å². The second-order valence-electron chi connectivity index (χ2n) is 13.7. The van der Waals surface area contributed by atoms with E-state index >= 15 is 0 Å². The Hall–Kier alpha value is -7.21. The largest absolute Gasteiger partial charge is 0.469 e. The molecule has 2 aromatic carbocycles. The lowest BCUT2D eigenvalue weighted by atomic mass is 10.0. The number of hydrogen-bond acceptors (Lipinski definition) is 18. The van der Waals surface area contributed by atoms with Gasteiger partial charge in [-0.15, -0.1) is 0 Å². The van der Waals surface area contributed by atoms with Gasteiger partial charge in [-0.05, 0) is 47.9 Å². The van der Waals surface area contributed by atoms with Crippen molar-refractivity contribution in [1.29, 1.82) is 0 Å². The first-order chi connectivity index (χ1) is 30.7. The third-order valence-corrected chi connectivity index (χ3v) is 9.57. The number of aliphatic hydroxyl groups is 1. The highest BCUT2D eigenvalue weighted by Crippen LogP contribution is 2.19. The van der Waals surface area contributed by atoms with Crippen LogP contribution in [0.2, 0.25) is 0 Å². The molecule has 24 nitrogen and oxygen atoms in total. The summed E-state index contributed by atoms with van der Waals surface area (Å²) in [5.41, 5.74) is -5.89. The number of aliphatic hydroxyl groups excluding tert-OH is 1. The number of methoxy groups -OCH3 is 3. The van der Waals surface area contributed by atoms with Crippen LogP contribution in [0.15, 0.2) is 65.2 Å². The van der Waals surface area contributed by atoms with Crippen LogP contribution in [0.1, 0.15) is 52.8 Å². The van der Waals surface area contributed by atoms with Crippen LogP contribution in [0.3, 0.4) is 0 Å². The Morgan fingerprint density at radius 1 is 0.453 bits per heavy atom. The molecule has 0 saturated carbocycles. The minimum absolute atomic E-state index is 0.00345. The molecule has 2 heterocycles. The summed E-state index contributed by atoms with van der Waals surface area (Å²) in [6.07, 6.45) is -0.960. The molecular weight excluding hydrogens is 852 g/mol. The van der Waals surface area contributed by atoms with Crippen molar-refractivity contribution in [3.8, 4) is 0 Å². The number of rotatable bonds is 24. The lowest BCUT2D eigenvalue weighted by Gasteiger charge is -2.14. The Balaban J connectivity index is 1.33. The molecule has 0 spiro atoms. The fourth-order valence-electron chi connectivity index (χ4n) is 6.16. The highest BCUT2D eigenvalue weighted by molar-refractivity contribution is 5.99. The summed E-state index contributed by atoms with van der Waals surface area (Å²) in [5.74, 6) is -3.66. The first-order valence-corrected chi connectivity index (χ1v) is 19.8. The fraction of sp³-hybridized carbons (Fsp3) is 0.475. The number of hydrogen-bond donors (Lipinski definition) is 1. The zero-order valence-corrected chi connectivity index (χ0v) is 35.3. The monoisotopic (exact) mass is 900 g/mol. The molecule has 0 aliphatic rings. The maximum absolute atomic E-state index is 13.4. The van der Waals surface area contributed by atoms with Crippen LogP contribution >= 0.6 is 0 Å². The smallest absolute Gasteiger partial charge is 0.338 e. The van der Waals surface area contributed by atoms with E-state index in [4.69, 9.17) is 23.7 Å². The van der Waals surface area contributed by atoms with E-state index in [1.165, 1.54) is 14.2 Å². The van der Waals surface area contributed by atoms with Crippen molar-refractivity contribution in [2.75, 3.05) is 54.4 Å². The van der Waals surface area contributed by atoms with Crippen molar-refractivity contribution >= 4 is 40.6 Å². The summed E-state index contributed by atoms with van der Waals surface area (Å²) in [4.78, 5) is 140. The van der Waals surface area contributed by atoms with E-state index in [9.17, 15) is 57.8 Å². The van der Waals surface area contributed by atoms with E-state index in [0.717, 1.165) is 17.1 Å². The van der Waals surface area contributed by atoms with Crippen LogP contribution in [-0.4, -0.2) is 117 Å². The number of ether oxygens (including phenoxy) is 6. The van der Waals surface area contributed by atoms with Gasteiger partial charge in [0.25, 0.3) is 0 Å². The summed E-state index contributed by atoms with van der Waals surface area (Å²) >= 11 is 0. The van der Waals surface area contributed by atoms with Gasteiger partial charge in [-0.2, -0.15) is 0 Å². The summed E-state index contributed by atoms with van der Waals surface area (Å²) in [6, 6.07) is 9.74. The van der Waals surface area contributed by atoms with E-state index < -0.39 is 129 Å². The number of carbonyl (C=O) groups is 5. The number of fused-ring (bicyclic) bond motifs is 1. The molecule has 0 unspecified atom stereocenters. The normalized spacial score (nSPS) is 11.0. The average molecular weight is 901 g/mol. The van der Waals surface area contributed by atoms with Crippen molar-refractivity contribution in [2.45, 2.75) is 71.4 Å². The fourth-order valence-corrected chi connectivity index (χ4v) is 6.16. The minimum Gasteiger partial charge on any atom is -0.469 e. The maximum Gasteiger partial charge on any atom is 0.338 e. The molecule has 0 aliphatic carbocycles. The van der Waals surface area contributed by atoms with Gasteiger partial charge >= 0.3 is 64.0 Å². The lowest BCUT2D eigenvalue weighted by Crippen LogP contribution is -2.55. The summed E-state index contributed by atoms with van der Waals surface area (Å²) < 4.78 is 33.5. The van der Waals surface area contributed by atoms with E-state index in [0.29, 0.717) is 40.2 Å². The van der Waals surface area contributed by atoms with Gasteiger partial charge in [0.1, 0.15) is 6.61 Å². The van der Waals surface area contributed by atoms with Gasteiger partial charge in [0, 0.05) is 26.7 Å². The number of benzene rings is 2. The van der Waals surface area contributed by atoms with Crippen LogP contribution in [0, 0.1) is 0 Å². The molecule has 0 saturated heterocycles. The highest BCUT2D eigenvalue weighted by Gasteiger charge is 2.20. The predicted octanol–water partition coefficient (Wildman–Crippen LogP) is -2.00. The Morgan fingerprint density at radius 3 is 1.28 bits per heavy atom. The number of unbranched alkanes of at least 4 members (excludes halogenated alkanes) is 1. The molecule has 64 heavy (non-hydrogen) atoms. The third kappa shape index (κ3) is 12.7. The van der Waals surface area contributed by atoms with Crippen molar-refractivity contribution in [2.24, 2.45) is 0 Å². The Kier molecular flexibility index (Phi) is 18.4. The Labute approximate surface area is 361 Å². The van der Waals surface area contributed by atoms with Crippen LogP contribution in [0.25, 0.3) is 10.8 Å². The molecule has 346 valence electrons. The molecule has 1 N–H and O–H groups in total. The molecular formula is C40H48N6O18. The first-order valence-electron chi connectivity index (χ1n) is 19.8. The van der Waals surface area contributed by atoms with Crippen molar-refractivity contribution in [3.05, 3.63) is 110 Å². The molecule has 4 rings (SSSR count). The van der Waals surface area contributed by atoms with Gasteiger partial charge in [-0.1, -0.05) is 12.1 Å². The Morgan fingerprint density at radius 2 is 0.844 bits per heavy atom. The molecule has 0 aliphatic heterocycles. The van der Waals surface area contributed by atoms with Gasteiger partial charge in [0.2, 0.25) is 0 Å². The number of carbonyl (C=O) groups excluding carboxylic acids is 5. The molecule has 0 bridgehead atoms. The Bertz CT molecular complexity index is 2720. The summed E-state index contributed by atoms with van der Waals surface area (Å²) in [5, 5.41) is 10.7. The predicted molar refractivity (Wildman–Crippen MR) is 220 cm³/mol. The van der Waals surface area contributed by atoms with Crippen LogP contribution in [0.5, 0.6) is 0 Å². The van der Waals surface area contributed by atoms with E-state index in [2.05, 4.69) is 4.74 Å². The molecule has 0 fully saturated rings. The van der Waals surface area contributed by atoms with Crippen LogP contribution < -0.4 is 34.1 Å². The third-order valence-electron chi connectivity index (χ3n) is 9.57. The zero-order chi connectivity index (χ0) is 46.9. The van der Waals surface area contributed by atoms with Crippen LogP contribution in [0.4, 0.5) is 0 Å². The van der Waals surface area contributed by atoms with E-state index in [-0.39, 0.29) is 38.3 Å². The molecule has 0 amide bonds. The van der Waals surface area contributed by atoms with Crippen molar-refractivity contribution < 1.29 is 57.5 Å². The van der Waals surface area contributed by atoms with E-state index in [1.807, 2.05) is 0 Å². The standard InChI is InChI=1S/C40H48N6O18/c1-59-22-17-45-38(56)44(16-19-47)39(57)46(40(45)58)18-23-63-32(50)12-15-43-36(54)41(13-10-30(48)60-2)35(53)42(37(43)55)14-11-31(49)62-20-4-5-21-64-34(52)29-9-7-26-24-28(33(51)61-3)8-6-27(26)25-29/h6-9,24-25,47H,4-5,10-23H2,1-3H3. The first kappa shape index (κ1) is 49.4. The molecule has 0 atom stereocenters.